The molecule has 0 aliphatic rings. The lowest BCUT2D eigenvalue weighted by atomic mass is 9.99. The zero-order valence-corrected chi connectivity index (χ0v) is 9.79. The Morgan fingerprint density at radius 1 is 1.11 bits per heavy atom. The molecule has 2 rings (SSSR count). The molecule has 0 radical (unpaired) electrons. The highest BCUT2D eigenvalue weighted by atomic mass is 16.5. The van der Waals surface area contributed by atoms with E-state index in [-0.39, 0.29) is 0 Å². The SMILES string of the molecule is COc1ccc(C=O)cc1-c1ccncc1C=O. The summed E-state index contributed by atoms with van der Waals surface area (Å²) in [6.45, 7) is 0. The molecule has 0 bridgehead atoms. The average molecular weight is 241 g/mol. The van der Waals surface area contributed by atoms with E-state index >= 15 is 0 Å². The molecule has 0 atom stereocenters. The second-order valence-electron chi connectivity index (χ2n) is 3.66. The second-order valence-corrected chi connectivity index (χ2v) is 3.66. The Bertz CT molecular complexity index is 593. The van der Waals surface area contributed by atoms with Crippen molar-refractivity contribution in [2.45, 2.75) is 0 Å². The third-order valence-corrected chi connectivity index (χ3v) is 2.63. The molecule has 0 N–H and O–H groups in total. The number of aldehydes is 2. The van der Waals surface area contributed by atoms with Crippen molar-refractivity contribution in [3.63, 3.8) is 0 Å². The molecule has 4 heteroatoms. The molecule has 18 heavy (non-hydrogen) atoms. The van der Waals surface area contributed by atoms with Crippen molar-refractivity contribution in [3.05, 3.63) is 47.8 Å². The molecule has 4 nitrogen and oxygen atoms in total. The first-order chi connectivity index (χ1) is 8.80. The van der Waals surface area contributed by atoms with E-state index in [9.17, 15) is 9.59 Å². The van der Waals surface area contributed by atoms with E-state index in [0.717, 1.165) is 12.6 Å². The Labute approximate surface area is 104 Å². The molecule has 90 valence electrons. The highest BCUT2D eigenvalue weighted by Crippen LogP contribution is 2.32. The summed E-state index contributed by atoms with van der Waals surface area (Å²) in [5.74, 6) is 0.606. The van der Waals surface area contributed by atoms with Gasteiger partial charge in [0.1, 0.15) is 12.0 Å². The number of carbonyl (C=O) groups is 2. The van der Waals surface area contributed by atoms with Gasteiger partial charge in [0.25, 0.3) is 0 Å². The molecule has 2 aromatic rings. The maximum Gasteiger partial charge on any atom is 0.152 e. The van der Waals surface area contributed by atoms with Gasteiger partial charge in [-0.2, -0.15) is 0 Å². The van der Waals surface area contributed by atoms with Gasteiger partial charge in [0, 0.05) is 29.1 Å². The molecule has 0 unspecified atom stereocenters. The first-order valence-corrected chi connectivity index (χ1v) is 5.33. The molecule has 0 saturated carbocycles. The molecule has 0 fully saturated rings. The van der Waals surface area contributed by atoms with E-state index in [1.807, 2.05) is 0 Å². The third kappa shape index (κ3) is 2.13. The van der Waals surface area contributed by atoms with Gasteiger partial charge in [-0.05, 0) is 29.8 Å². The van der Waals surface area contributed by atoms with Crippen LogP contribution in [0.1, 0.15) is 20.7 Å². The smallest absolute Gasteiger partial charge is 0.152 e. The Morgan fingerprint density at radius 2 is 1.94 bits per heavy atom. The third-order valence-electron chi connectivity index (χ3n) is 2.63. The first-order valence-electron chi connectivity index (χ1n) is 5.33. The minimum atomic E-state index is 0.457. The Morgan fingerprint density at radius 3 is 2.61 bits per heavy atom. The molecule has 1 heterocycles. The summed E-state index contributed by atoms with van der Waals surface area (Å²) in [6.07, 6.45) is 4.56. The van der Waals surface area contributed by atoms with E-state index in [4.69, 9.17) is 4.74 Å². The number of hydrogen-bond acceptors (Lipinski definition) is 4. The maximum atomic E-state index is 11.0. The summed E-state index contributed by atoms with van der Waals surface area (Å²) in [5.41, 5.74) is 2.38. The number of ether oxygens (including phenoxy) is 1. The standard InChI is InChI=1S/C14H11NO3/c1-18-14-3-2-10(8-16)6-13(14)12-4-5-15-7-11(12)9-17/h2-9H,1H3. The Balaban J connectivity index is 2.68. The number of methoxy groups -OCH3 is 1. The number of rotatable bonds is 4. The highest BCUT2D eigenvalue weighted by molar-refractivity contribution is 5.90. The van der Waals surface area contributed by atoms with E-state index in [0.29, 0.717) is 28.0 Å². The van der Waals surface area contributed by atoms with Gasteiger partial charge in [0.05, 0.1) is 7.11 Å². The largest absolute Gasteiger partial charge is 0.496 e. The summed E-state index contributed by atoms with van der Waals surface area (Å²) >= 11 is 0. The lowest BCUT2D eigenvalue weighted by molar-refractivity contribution is 0.111. The summed E-state index contributed by atoms with van der Waals surface area (Å²) < 4.78 is 5.25. The van der Waals surface area contributed by atoms with Crippen LogP contribution in [-0.2, 0) is 0 Å². The summed E-state index contributed by atoms with van der Waals surface area (Å²) in [5, 5.41) is 0. The number of aromatic nitrogens is 1. The van der Waals surface area contributed by atoms with Gasteiger partial charge >= 0.3 is 0 Å². The lowest BCUT2D eigenvalue weighted by Gasteiger charge is -2.10. The predicted molar refractivity (Wildman–Crippen MR) is 67.0 cm³/mol. The predicted octanol–water partition coefficient (Wildman–Crippen LogP) is 2.38. The maximum absolute atomic E-state index is 11.0. The van der Waals surface area contributed by atoms with Crippen molar-refractivity contribution in [2.24, 2.45) is 0 Å². The van der Waals surface area contributed by atoms with Gasteiger partial charge < -0.3 is 4.74 Å². The summed E-state index contributed by atoms with van der Waals surface area (Å²) in [4.78, 5) is 25.7. The lowest BCUT2D eigenvalue weighted by Crippen LogP contribution is -1.94. The van der Waals surface area contributed by atoms with Crippen molar-refractivity contribution >= 4 is 12.6 Å². The van der Waals surface area contributed by atoms with Gasteiger partial charge in [-0.15, -0.1) is 0 Å². The van der Waals surface area contributed by atoms with Crippen LogP contribution in [0.15, 0.2) is 36.7 Å². The monoisotopic (exact) mass is 241 g/mol. The van der Waals surface area contributed by atoms with Crippen molar-refractivity contribution in [2.75, 3.05) is 7.11 Å². The molecule has 0 amide bonds. The Hall–Kier alpha value is -2.49. The van der Waals surface area contributed by atoms with Gasteiger partial charge in [-0.1, -0.05) is 0 Å². The van der Waals surface area contributed by atoms with Gasteiger partial charge in [-0.25, -0.2) is 0 Å². The molecule has 0 spiro atoms. The van der Waals surface area contributed by atoms with Gasteiger partial charge in [0.2, 0.25) is 0 Å². The minimum absolute atomic E-state index is 0.457. The van der Waals surface area contributed by atoms with Crippen LogP contribution in [0, 0.1) is 0 Å². The fraction of sp³-hybridized carbons (Fsp3) is 0.0714. The van der Waals surface area contributed by atoms with Crippen LogP contribution in [0.3, 0.4) is 0 Å². The molecule has 0 aliphatic carbocycles. The normalized spacial score (nSPS) is 9.83. The zero-order chi connectivity index (χ0) is 13.0. The number of carbonyl (C=O) groups excluding carboxylic acids is 2. The van der Waals surface area contributed by atoms with Crippen LogP contribution in [0.25, 0.3) is 11.1 Å². The number of pyridine rings is 1. The summed E-state index contributed by atoms with van der Waals surface area (Å²) in [7, 11) is 1.54. The van der Waals surface area contributed by atoms with E-state index < -0.39 is 0 Å². The Kier molecular flexibility index (Phi) is 3.48. The molecule has 1 aromatic heterocycles. The molecule has 0 aliphatic heterocycles. The fourth-order valence-corrected chi connectivity index (χ4v) is 1.76. The second kappa shape index (κ2) is 5.23. The number of nitrogens with zero attached hydrogens (tertiary/aromatic N) is 1. The fourth-order valence-electron chi connectivity index (χ4n) is 1.76. The topological polar surface area (TPSA) is 56.3 Å². The summed E-state index contributed by atoms with van der Waals surface area (Å²) in [6, 6.07) is 6.77. The van der Waals surface area contributed by atoms with Crippen LogP contribution in [0.2, 0.25) is 0 Å². The van der Waals surface area contributed by atoms with Crippen molar-refractivity contribution in [3.8, 4) is 16.9 Å². The number of hydrogen-bond donors (Lipinski definition) is 0. The van der Waals surface area contributed by atoms with Gasteiger partial charge in [-0.3, -0.25) is 14.6 Å². The van der Waals surface area contributed by atoms with Crippen LogP contribution >= 0.6 is 0 Å². The van der Waals surface area contributed by atoms with Crippen molar-refractivity contribution in [1.82, 2.24) is 4.98 Å². The van der Waals surface area contributed by atoms with E-state index in [2.05, 4.69) is 4.98 Å². The van der Waals surface area contributed by atoms with Crippen molar-refractivity contribution in [1.29, 1.82) is 0 Å². The first kappa shape index (κ1) is 12.0. The van der Waals surface area contributed by atoms with Crippen LogP contribution in [-0.4, -0.2) is 24.7 Å². The van der Waals surface area contributed by atoms with Crippen molar-refractivity contribution < 1.29 is 14.3 Å². The van der Waals surface area contributed by atoms with Gasteiger partial charge in [0.15, 0.2) is 6.29 Å². The molecule has 0 saturated heterocycles. The van der Waals surface area contributed by atoms with Crippen LogP contribution in [0.5, 0.6) is 5.75 Å². The van der Waals surface area contributed by atoms with E-state index in [1.54, 1.807) is 37.6 Å². The molecular weight excluding hydrogens is 230 g/mol. The highest BCUT2D eigenvalue weighted by Gasteiger charge is 2.10. The van der Waals surface area contributed by atoms with Crippen LogP contribution in [0.4, 0.5) is 0 Å². The minimum Gasteiger partial charge on any atom is -0.496 e. The quantitative estimate of drug-likeness (QED) is 0.771. The van der Waals surface area contributed by atoms with E-state index in [1.165, 1.54) is 6.20 Å². The zero-order valence-electron chi connectivity index (χ0n) is 9.79. The molecular formula is C14H11NO3. The molecule has 1 aromatic carbocycles. The average Bonchev–Trinajstić information content (AvgIpc) is 2.46. The van der Waals surface area contributed by atoms with Crippen LogP contribution < -0.4 is 4.74 Å². The number of benzene rings is 1.